The fourth-order valence-corrected chi connectivity index (χ4v) is 2.70. The molecule has 2 heterocycles. The summed E-state index contributed by atoms with van der Waals surface area (Å²) in [4.78, 5) is 31.4. The molecule has 3 rings (SSSR count). The number of thioether (sulfide) groups is 1. The summed E-state index contributed by atoms with van der Waals surface area (Å²) < 4.78 is 5.08. The van der Waals surface area contributed by atoms with Gasteiger partial charge >= 0.3 is 0 Å². The van der Waals surface area contributed by atoms with Gasteiger partial charge < -0.3 is 15.6 Å². The van der Waals surface area contributed by atoms with E-state index in [0.717, 1.165) is 0 Å². The highest BCUT2D eigenvalue weighted by molar-refractivity contribution is 7.99. The van der Waals surface area contributed by atoms with Crippen LogP contribution in [0.25, 0.3) is 11.5 Å². The topological polar surface area (TPSA) is 124 Å². The minimum Gasteiger partial charge on any atom is -0.366 e. The van der Waals surface area contributed by atoms with Crippen molar-refractivity contribution in [2.45, 2.75) is 11.9 Å². The van der Waals surface area contributed by atoms with Crippen molar-refractivity contribution in [1.29, 1.82) is 0 Å². The van der Waals surface area contributed by atoms with Crippen molar-refractivity contribution in [3.8, 4) is 11.5 Å². The quantitative estimate of drug-likeness (QED) is 0.639. The lowest BCUT2D eigenvalue weighted by Gasteiger charge is -2.05. The smallest absolute Gasteiger partial charge is 0.259 e. The first-order valence-electron chi connectivity index (χ1n) is 7.60. The summed E-state index contributed by atoms with van der Waals surface area (Å²) >= 11 is 1.30. The van der Waals surface area contributed by atoms with Gasteiger partial charge in [-0.05, 0) is 43.3 Å². The Morgan fingerprint density at radius 1 is 1.19 bits per heavy atom. The van der Waals surface area contributed by atoms with Crippen LogP contribution in [0.5, 0.6) is 0 Å². The standard InChI is InChI=1S/C17H15N5O3S/c1-10-20-17(25-22-10)12-4-7-15(19-8-12)26-9-14(23)21-13-5-2-11(3-6-13)16(18)24/h2-8H,9H2,1H3,(H2,18,24)(H,21,23). The van der Waals surface area contributed by atoms with Crippen molar-refractivity contribution in [2.24, 2.45) is 5.73 Å². The number of nitrogens with one attached hydrogen (secondary N) is 1. The summed E-state index contributed by atoms with van der Waals surface area (Å²) in [7, 11) is 0. The summed E-state index contributed by atoms with van der Waals surface area (Å²) in [6.07, 6.45) is 1.62. The zero-order valence-electron chi connectivity index (χ0n) is 13.8. The second-order valence-electron chi connectivity index (χ2n) is 5.31. The van der Waals surface area contributed by atoms with Crippen LogP contribution in [-0.2, 0) is 4.79 Å². The molecule has 0 aliphatic carbocycles. The van der Waals surface area contributed by atoms with Crippen LogP contribution in [0, 0.1) is 6.92 Å². The fourth-order valence-electron chi connectivity index (χ4n) is 2.06. The molecule has 1 aromatic carbocycles. The molecule has 0 radical (unpaired) electrons. The third-order valence-corrected chi connectivity index (χ3v) is 4.26. The first-order valence-corrected chi connectivity index (χ1v) is 8.59. The number of rotatable bonds is 6. The molecule has 3 N–H and O–H groups in total. The lowest BCUT2D eigenvalue weighted by Crippen LogP contribution is -2.15. The number of nitrogens with two attached hydrogens (primary N) is 1. The van der Waals surface area contributed by atoms with Crippen molar-refractivity contribution in [2.75, 3.05) is 11.1 Å². The molecule has 0 fully saturated rings. The number of amides is 2. The van der Waals surface area contributed by atoms with E-state index < -0.39 is 5.91 Å². The Hall–Kier alpha value is -3.20. The summed E-state index contributed by atoms with van der Waals surface area (Å²) in [6, 6.07) is 9.97. The van der Waals surface area contributed by atoms with Gasteiger partial charge in [-0.1, -0.05) is 16.9 Å². The molecule has 0 aliphatic heterocycles. The van der Waals surface area contributed by atoms with Crippen molar-refractivity contribution in [3.05, 3.63) is 54.0 Å². The van der Waals surface area contributed by atoms with Gasteiger partial charge in [0.2, 0.25) is 11.8 Å². The fraction of sp³-hybridized carbons (Fsp3) is 0.118. The molecule has 2 amide bonds. The molecule has 2 aromatic heterocycles. The number of primary amides is 1. The van der Waals surface area contributed by atoms with Gasteiger partial charge in [-0.2, -0.15) is 4.98 Å². The van der Waals surface area contributed by atoms with Crippen molar-refractivity contribution >= 4 is 29.3 Å². The minimum atomic E-state index is -0.511. The van der Waals surface area contributed by atoms with Crippen LogP contribution in [0.3, 0.4) is 0 Å². The first kappa shape index (κ1) is 17.6. The molecule has 26 heavy (non-hydrogen) atoms. The number of hydrogen-bond donors (Lipinski definition) is 2. The molecule has 0 bridgehead atoms. The number of aromatic nitrogens is 3. The summed E-state index contributed by atoms with van der Waals surface area (Å²) in [5.74, 6) is 0.468. The highest BCUT2D eigenvalue weighted by Gasteiger charge is 2.09. The molecule has 0 spiro atoms. The van der Waals surface area contributed by atoms with Crippen molar-refractivity contribution in [1.82, 2.24) is 15.1 Å². The lowest BCUT2D eigenvalue weighted by atomic mass is 10.2. The van der Waals surface area contributed by atoms with Gasteiger partial charge in [-0.25, -0.2) is 4.98 Å². The van der Waals surface area contributed by atoms with E-state index in [0.29, 0.717) is 33.6 Å². The Morgan fingerprint density at radius 3 is 2.54 bits per heavy atom. The van der Waals surface area contributed by atoms with Crippen molar-refractivity contribution in [3.63, 3.8) is 0 Å². The third kappa shape index (κ3) is 4.45. The number of anilines is 1. The number of benzene rings is 1. The molecule has 8 nitrogen and oxygen atoms in total. The number of nitrogens with zero attached hydrogens (tertiary/aromatic N) is 3. The molecule has 3 aromatic rings. The van der Waals surface area contributed by atoms with Crippen molar-refractivity contribution < 1.29 is 14.1 Å². The van der Waals surface area contributed by atoms with E-state index in [4.69, 9.17) is 10.3 Å². The van der Waals surface area contributed by atoms with Gasteiger partial charge in [0.15, 0.2) is 5.82 Å². The molecule has 0 saturated carbocycles. The Balaban J connectivity index is 1.53. The molecular formula is C17H15N5O3S. The van der Waals surface area contributed by atoms with Crippen LogP contribution >= 0.6 is 11.8 Å². The molecule has 132 valence electrons. The molecule has 9 heteroatoms. The third-order valence-electron chi connectivity index (χ3n) is 3.32. The number of hydrogen-bond acceptors (Lipinski definition) is 7. The second-order valence-corrected chi connectivity index (χ2v) is 6.31. The van der Waals surface area contributed by atoms with E-state index in [1.54, 1.807) is 43.5 Å². The summed E-state index contributed by atoms with van der Waals surface area (Å²) in [6.45, 7) is 1.74. The van der Waals surface area contributed by atoms with Crippen LogP contribution in [-0.4, -0.2) is 32.7 Å². The maximum absolute atomic E-state index is 12.0. The van der Waals surface area contributed by atoms with E-state index in [1.165, 1.54) is 11.8 Å². The molecule has 0 saturated heterocycles. The number of pyridine rings is 1. The van der Waals surface area contributed by atoms with Crippen LogP contribution in [0.15, 0.2) is 52.1 Å². The Bertz CT molecular complexity index is 922. The molecule has 0 atom stereocenters. The predicted octanol–water partition coefficient (Wildman–Crippen LogP) is 2.27. The largest absolute Gasteiger partial charge is 0.366 e. The normalized spacial score (nSPS) is 10.5. The maximum Gasteiger partial charge on any atom is 0.259 e. The molecule has 0 aliphatic rings. The monoisotopic (exact) mass is 369 g/mol. The predicted molar refractivity (Wildman–Crippen MR) is 96.6 cm³/mol. The summed E-state index contributed by atoms with van der Waals surface area (Å²) in [5, 5.41) is 7.18. The Labute approximate surface area is 153 Å². The Kier molecular flexibility index (Phi) is 5.28. The van der Waals surface area contributed by atoms with Gasteiger partial charge in [0.1, 0.15) is 0 Å². The molecular weight excluding hydrogens is 354 g/mol. The van der Waals surface area contributed by atoms with Gasteiger partial charge in [-0.15, -0.1) is 0 Å². The minimum absolute atomic E-state index is 0.180. The van der Waals surface area contributed by atoms with E-state index >= 15 is 0 Å². The molecule has 0 unspecified atom stereocenters. The van der Waals surface area contributed by atoms with Gasteiger partial charge in [0.25, 0.3) is 5.89 Å². The van der Waals surface area contributed by atoms with Gasteiger partial charge in [0.05, 0.1) is 16.3 Å². The van der Waals surface area contributed by atoms with Gasteiger partial charge in [-0.3, -0.25) is 9.59 Å². The summed E-state index contributed by atoms with van der Waals surface area (Å²) in [5.41, 5.74) is 6.87. The van der Waals surface area contributed by atoms with E-state index in [9.17, 15) is 9.59 Å². The number of aryl methyl sites for hydroxylation is 1. The highest BCUT2D eigenvalue weighted by Crippen LogP contribution is 2.21. The Morgan fingerprint density at radius 2 is 1.96 bits per heavy atom. The maximum atomic E-state index is 12.0. The average molecular weight is 369 g/mol. The highest BCUT2D eigenvalue weighted by atomic mass is 32.2. The van der Waals surface area contributed by atoms with Crippen LogP contribution in [0.4, 0.5) is 5.69 Å². The zero-order chi connectivity index (χ0) is 18.5. The van der Waals surface area contributed by atoms with Crippen LogP contribution in [0.2, 0.25) is 0 Å². The van der Waals surface area contributed by atoms with Gasteiger partial charge in [0, 0.05) is 17.4 Å². The van der Waals surface area contributed by atoms with E-state index in [1.807, 2.05) is 6.07 Å². The first-order chi connectivity index (χ1) is 12.5. The second kappa shape index (κ2) is 7.79. The SMILES string of the molecule is Cc1noc(-c2ccc(SCC(=O)Nc3ccc(C(N)=O)cc3)nc2)n1. The number of carbonyl (C=O) groups excluding carboxylic acids is 2. The average Bonchev–Trinajstić information content (AvgIpc) is 3.07. The lowest BCUT2D eigenvalue weighted by molar-refractivity contribution is -0.113. The van der Waals surface area contributed by atoms with Crippen LogP contribution in [0.1, 0.15) is 16.2 Å². The zero-order valence-corrected chi connectivity index (χ0v) is 14.6. The van der Waals surface area contributed by atoms with E-state index in [-0.39, 0.29) is 11.7 Å². The van der Waals surface area contributed by atoms with E-state index in [2.05, 4.69) is 20.4 Å². The number of carbonyl (C=O) groups is 2. The van der Waals surface area contributed by atoms with Crippen LogP contribution < -0.4 is 11.1 Å².